The Balaban J connectivity index is 2.91. The molecule has 0 spiro atoms. The van der Waals surface area contributed by atoms with Gasteiger partial charge in [-0.15, -0.1) is 0 Å². The Hall–Kier alpha value is -0.350. The zero-order valence-corrected chi connectivity index (χ0v) is 23.5. The molecule has 1 atom stereocenters. The summed E-state index contributed by atoms with van der Waals surface area (Å²) in [7, 11) is -4.41. The van der Waals surface area contributed by atoms with E-state index in [1.807, 2.05) is 0 Å². The molecule has 0 radical (unpaired) electrons. The maximum absolute atomic E-state index is 12.9. The summed E-state index contributed by atoms with van der Waals surface area (Å²) in [6, 6.07) is 4.37. The van der Waals surface area contributed by atoms with Gasteiger partial charge < -0.3 is 19.7 Å². The minimum absolute atomic E-state index is 0.00676. The number of carboxylic acids is 1. The van der Waals surface area contributed by atoms with Crippen LogP contribution in [0.5, 0.6) is 5.75 Å². The van der Waals surface area contributed by atoms with E-state index in [4.69, 9.17) is 87.9 Å². The van der Waals surface area contributed by atoms with Gasteiger partial charge in [0.05, 0.1) is 0 Å². The van der Waals surface area contributed by atoms with Crippen LogP contribution < -0.4 is 9.84 Å². The molecule has 0 fully saturated rings. The molecule has 0 saturated heterocycles. The number of aliphatic carboxylic acids is 1. The van der Waals surface area contributed by atoms with Crippen LogP contribution in [-0.4, -0.2) is 49.6 Å². The molecule has 16 heteroatoms. The zero-order valence-electron chi connectivity index (χ0n) is 18.0. The van der Waals surface area contributed by atoms with Crippen LogP contribution in [0.1, 0.15) is 26.3 Å². The number of carbonyl (C=O) groups excluding carboxylic acids is 1. The number of alkyl halides is 6. The van der Waals surface area contributed by atoms with Crippen molar-refractivity contribution >= 4 is 89.5 Å². The van der Waals surface area contributed by atoms with E-state index in [1.54, 1.807) is 20.8 Å². The van der Waals surface area contributed by atoms with Gasteiger partial charge in [-0.1, -0.05) is 81.7 Å². The van der Waals surface area contributed by atoms with Crippen LogP contribution in [0.15, 0.2) is 24.3 Å². The van der Waals surface area contributed by atoms with Crippen molar-refractivity contribution in [1.82, 2.24) is 5.32 Å². The number of carbonyl (C=O) groups is 2. The molecule has 0 aliphatic heterocycles. The summed E-state index contributed by atoms with van der Waals surface area (Å²) < 4.78 is 29.4. The second-order valence-corrected chi connectivity index (χ2v) is 14.3. The van der Waals surface area contributed by atoms with Crippen LogP contribution in [0.25, 0.3) is 0 Å². The minimum atomic E-state index is -4.41. The smallest absolute Gasteiger partial charge is 0.480 e. The molecular weight excluding hydrogens is 602 g/mol. The number of rotatable bonds is 10. The first-order valence-electron chi connectivity index (χ1n) is 9.30. The molecule has 1 aromatic rings. The molecule has 0 aliphatic rings. The highest BCUT2D eigenvalue weighted by Gasteiger charge is 2.36. The third kappa shape index (κ3) is 14.3. The van der Waals surface area contributed by atoms with Crippen molar-refractivity contribution in [3.8, 4) is 5.75 Å². The van der Waals surface area contributed by atoms with Crippen molar-refractivity contribution in [3.05, 3.63) is 29.8 Å². The predicted octanol–water partition coefficient (Wildman–Crippen LogP) is 6.47. The fraction of sp³-hybridized carbons (Fsp3) is 0.556. The highest BCUT2D eigenvalue weighted by atomic mass is 35.6. The molecule has 1 amide bonds. The molecule has 34 heavy (non-hydrogen) atoms. The summed E-state index contributed by atoms with van der Waals surface area (Å²) in [6.07, 6.45) is -0.960. The standard InChI is InChI=1S/C18H22Cl6NO8P/c1-16(2,3)32-15(28)25-13(14(26)27)8-11-4-6-12(7-5-11)33-34(29,30-9-17(19,20)21)31-10-18(22,23)24/h4-7,13H,8-10H2,1-3H3,(H,25,28)(H,26,27)/t13-/m0/s1. The molecule has 0 saturated carbocycles. The highest BCUT2D eigenvalue weighted by Crippen LogP contribution is 2.52. The third-order valence-corrected chi connectivity index (χ3v) is 5.32. The lowest BCUT2D eigenvalue weighted by Crippen LogP contribution is -2.44. The van der Waals surface area contributed by atoms with Crippen molar-refractivity contribution in [3.63, 3.8) is 0 Å². The summed E-state index contributed by atoms with van der Waals surface area (Å²) in [6.45, 7) is 3.61. The number of halogens is 6. The molecule has 0 aliphatic carbocycles. The number of carboxylic acid groups (broad SMARTS) is 1. The Bertz CT molecular complexity index is 860. The molecule has 9 nitrogen and oxygen atoms in total. The monoisotopic (exact) mass is 621 g/mol. The van der Waals surface area contributed by atoms with Gasteiger partial charge in [-0.3, -0.25) is 9.05 Å². The Morgan fingerprint density at radius 1 is 0.971 bits per heavy atom. The lowest BCUT2D eigenvalue weighted by molar-refractivity contribution is -0.139. The van der Waals surface area contributed by atoms with E-state index in [2.05, 4.69) is 5.32 Å². The lowest BCUT2D eigenvalue weighted by Gasteiger charge is -2.23. The summed E-state index contributed by atoms with van der Waals surface area (Å²) in [5.74, 6) is -1.27. The van der Waals surface area contributed by atoms with Gasteiger partial charge in [0.25, 0.3) is 0 Å². The van der Waals surface area contributed by atoms with E-state index >= 15 is 0 Å². The van der Waals surface area contributed by atoms with Gasteiger partial charge in [0.2, 0.25) is 7.59 Å². The summed E-state index contributed by atoms with van der Waals surface area (Å²) >= 11 is 33.6. The molecule has 1 aromatic carbocycles. The van der Waals surface area contributed by atoms with Crippen LogP contribution in [0, 0.1) is 0 Å². The molecular formula is C18H22Cl6NO8P. The SMILES string of the molecule is CC(C)(C)OC(=O)N[C@@H](Cc1ccc(OP(=O)(OCC(Cl)(Cl)Cl)OCC(Cl)(Cl)Cl)cc1)C(=O)O. The normalized spacial score (nSPS) is 13.8. The van der Waals surface area contributed by atoms with Gasteiger partial charge in [-0.25, -0.2) is 14.2 Å². The summed E-state index contributed by atoms with van der Waals surface area (Å²) in [5.41, 5.74) is -0.300. The largest absolute Gasteiger partial charge is 0.530 e. The lowest BCUT2D eigenvalue weighted by atomic mass is 10.1. The van der Waals surface area contributed by atoms with Crippen molar-refractivity contribution in [2.75, 3.05) is 13.2 Å². The number of phosphoric ester groups is 1. The fourth-order valence-electron chi connectivity index (χ4n) is 2.10. The number of amides is 1. The van der Waals surface area contributed by atoms with E-state index in [0.29, 0.717) is 5.56 Å². The number of hydrogen-bond donors (Lipinski definition) is 2. The molecule has 2 N–H and O–H groups in total. The van der Waals surface area contributed by atoms with Crippen LogP contribution in [0.3, 0.4) is 0 Å². The Morgan fingerprint density at radius 2 is 1.44 bits per heavy atom. The van der Waals surface area contributed by atoms with E-state index in [1.165, 1.54) is 24.3 Å². The molecule has 0 unspecified atom stereocenters. The zero-order chi connectivity index (χ0) is 26.4. The fourth-order valence-corrected chi connectivity index (χ4v) is 4.14. The average Bonchev–Trinajstić information content (AvgIpc) is 2.63. The molecule has 194 valence electrons. The first-order valence-corrected chi connectivity index (χ1v) is 13.0. The maximum atomic E-state index is 12.9. The highest BCUT2D eigenvalue weighted by molar-refractivity contribution is 7.49. The average molecular weight is 624 g/mol. The summed E-state index contributed by atoms with van der Waals surface area (Å²) in [4.78, 5) is 23.4. The molecule has 0 bridgehead atoms. The van der Waals surface area contributed by atoms with Crippen molar-refractivity contribution in [2.24, 2.45) is 0 Å². The number of ether oxygens (including phenoxy) is 1. The molecule has 0 aromatic heterocycles. The predicted molar refractivity (Wildman–Crippen MR) is 132 cm³/mol. The summed E-state index contributed by atoms with van der Waals surface area (Å²) in [5, 5.41) is 11.7. The Labute approximate surface area is 226 Å². The van der Waals surface area contributed by atoms with Crippen LogP contribution in [-0.2, 0) is 29.6 Å². The van der Waals surface area contributed by atoms with Crippen molar-refractivity contribution in [1.29, 1.82) is 0 Å². The van der Waals surface area contributed by atoms with E-state index in [0.717, 1.165) is 0 Å². The number of benzene rings is 1. The van der Waals surface area contributed by atoms with Gasteiger partial charge in [-0.2, -0.15) is 0 Å². The van der Waals surface area contributed by atoms with E-state index in [9.17, 15) is 19.3 Å². The first-order chi connectivity index (χ1) is 15.3. The van der Waals surface area contributed by atoms with Gasteiger partial charge in [0.1, 0.15) is 30.6 Å². The molecule has 0 heterocycles. The Kier molecular flexibility index (Phi) is 11.9. The number of hydrogen-bond acceptors (Lipinski definition) is 7. The van der Waals surface area contributed by atoms with Crippen molar-refractivity contribution in [2.45, 2.75) is 46.4 Å². The molecule has 1 rings (SSSR count). The van der Waals surface area contributed by atoms with Crippen LogP contribution in [0.2, 0.25) is 0 Å². The van der Waals surface area contributed by atoms with Crippen molar-refractivity contribution < 1.29 is 37.6 Å². The second kappa shape index (κ2) is 12.7. The van der Waals surface area contributed by atoms with Gasteiger partial charge >= 0.3 is 19.9 Å². The third-order valence-electron chi connectivity index (χ3n) is 3.34. The second-order valence-electron chi connectivity index (χ2n) is 7.70. The van der Waals surface area contributed by atoms with Gasteiger partial charge in [0.15, 0.2) is 0 Å². The Morgan fingerprint density at radius 3 is 1.82 bits per heavy atom. The van der Waals surface area contributed by atoms with Gasteiger partial charge in [-0.05, 0) is 38.5 Å². The quantitative estimate of drug-likeness (QED) is 0.225. The van der Waals surface area contributed by atoms with Crippen LogP contribution in [0.4, 0.5) is 4.79 Å². The topological polar surface area (TPSA) is 120 Å². The van der Waals surface area contributed by atoms with E-state index < -0.39 is 52.3 Å². The van der Waals surface area contributed by atoms with Gasteiger partial charge in [0, 0.05) is 6.42 Å². The first kappa shape index (κ1) is 31.7. The van der Waals surface area contributed by atoms with E-state index in [-0.39, 0.29) is 12.2 Å². The van der Waals surface area contributed by atoms with Crippen LogP contribution >= 0.6 is 77.4 Å². The maximum Gasteiger partial charge on any atom is 0.530 e. The number of alkyl carbamates (subject to hydrolysis) is 1. The minimum Gasteiger partial charge on any atom is -0.480 e. The number of phosphoric acid groups is 1. The number of nitrogens with one attached hydrogen (secondary N) is 1.